The molecule has 3 atom stereocenters. The Bertz CT molecular complexity index is 218. The summed E-state index contributed by atoms with van der Waals surface area (Å²) < 4.78 is 0. The molecule has 1 saturated carbocycles. The molecule has 0 heterocycles. The van der Waals surface area contributed by atoms with Crippen molar-refractivity contribution in [3.05, 3.63) is 0 Å². The van der Waals surface area contributed by atoms with Crippen molar-refractivity contribution in [1.82, 2.24) is 10.6 Å². The van der Waals surface area contributed by atoms with Gasteiger partial charge in [0.25, 0.3) is 0 Å². The van der Waals surface area contributed by atoms with Crippen LogP contribution in [0.2, 0.25) is 0 Å². The predicted octanol–water partition coefficient (Wildman–Crippen LogP) is 2.07. The van der Waals surface area contributed by atoms with Gasteiger partial charge in [-0.1, -0.05) is 26.7 Å². The SMILES string of the molecule is CCC(C)NC(=O)CNC1CCCC(C)C1. The van der Waals surface area contributed by atoms with Gasteiger partial charge in [0.2, 0.25) is 5.91 Å². The highest BCUT2D eigenvalue weighted by molar-refractivity contribution is 5.78. The monoisotopic (exact) mass is 226 g/mol. The van der Waals surface area contributed by atoms with Crippen molar-refractivity contribution in [2.24, 2.45) is 5.92 Å². The maximum absolute atomic E-state index is 11.6. The summed E-state index contributed by atoms with van der Waals surface area (Å²) in [4.78, 5) is 11.6. The number of carbonyl (C=O) groups is 1. The Morgan fingerprint density at radius 3 is 2.81 bits per heavy atom. The largest absolute Gasteiger partial charge is 0.353 e. The van der Waals surface area contributed by atoms with Crippen molar-refractivity contribution in [2.45, 2.75) is 65.0 Å². The third-order valence-corrected chi connectivity index (χ3v) is 3.51. The molecule has 0 aromatic carbocycles. The van der Waals surface area contributed by atoms with Crippen LogP contribution in [0.1, 0.15) is 52.9 Å². The number of hydrogen-bond acceptors (Lipinski definition) is 2. The Labute approximate surface area is 99.4 Å². The fourth-order valence-corrected chi connectivity index (χ4v) is 2.28. The molecule has 16 heavy (non-hydrogen) atoms. The molecule has 1 aliphatic carbocycles. The van der Waals surface area contributed by atoms with Crippen LogP contribution in [0.5, 0.6) is 0 Å². The molecule has 2 N–H and O–H groups in total. The van der Waals surface area contributed by atoms with Crippen LogP contribution in [0.3, 0.4) is 0 Å². The summed E-state index contributed by atoms with van der Waals surface area (Å²) in [6, 6.07) is 0.839. The van der Waals surface area contributed by atoms with Crippen molar-refractivity contribution < 1.29 is 4.79 Å². The fraction of sp³-hybridized carbons (Fsp3) is 0.923. The molecule has 3 heteroatoms. The van der Waals surface area contributed by atoms with Gasteiger partial charge in [0.15, 0.2) is 0 Å². The van der Waals surface area contributed by atoms with Gasteiger partial charge in [-0.05, 0) is 32.1 Å². The Balaban J connectivity index is 2.15. The van der Waals surface area contributed by atoms with Crippen molar-refractivity contribution in [2.75, 3.05) is 6.54 Å². The van der Waals surface area contributed by atoms with E-state index in [1.807, 2.05) is 6.92 Å². The highest BCUT2D eigenvalue weighted by Crippen LogP contribution is 2.23. The second-order valence-electron chi connectivity index (χ2n) is 5.23. The van der Waals surface area contributed by atoms with Crippen molar-refractivity contribution in [3.63, 3.8) is 0 Å². The molecule has 1 aliphatic rings. The first-order valence-electron chi connectivity index (χ1n) is 6.64. The highest BCUT2D eigenvalue weighted by Gasteiger charge is 2.18. The van der Waals surface area contributed by atoms with E-state index >= 15 is 0 Å². The lowest BCUT2D eigenvalue weighted by Crippen LogP contribution is -2.43. The first-order chi connectivity index (χ1) is 7.61. The van der Waals surface area contributed by atoms with E-state index in [2.05, 4.69) is 24.5 Å². The molecule has 1 amide bonds. The van der Waals surface area contributed by atoms with Gasteiger partial charge in [0.05, 0.1) is 6.54 Å². The van der Waals surface area contributed by atoms with E-state index in [-0.39, 0.29) is 5.91 Å². The molecular weight excluding hydrogens is 200 g/mol. The zero-order chi connectivity index (χ0) is 12.0. The molecule has 0 aromatic heterocycles. The number of hydrogen-bond donors (Lipinski definition) is 2. The van der Waals surface area contributed by atoms with E-state index in [0.717, 1.165) is 12.3 Å². The van der Waals surface area contributed by atoms with E-state index < -0.39 is 0 Å². The molecule has 1 fully saturated rings. The summed E-state index contributed by atoms with van der Waals surface area (Å²) in [5.41, 5.74) is 0. The first kappa shape index (κ1) is 13.5. The van der Waals surface area contributed by atoms with E-state index in [1.54, 1.807) is 0 Å². The van der Waals surface area contributed by atoms with Crippen LogP contribution in [-0.4, -0.2) is 24.5 Å². The molecule has 0 bridgehead atoms. The summed E-state index contributed by atoms with van der Waals surface area (Å²) in [6.45, 7) is 6.90. The summed E-state index contributed by atoms with van der Waals surface area (Å²) in [5.74, 6) is 0.941. The zero-order valence-electron chi connectivity index (χ0n) is 10.9. The molecule has 3 nitrogen and oxygen atoms in total. The minimum atomic E-state index is 0.132. The van der Waals surface area contributed by atoms with Gasteiger partial charge in [-0.15, -0.1) is 0 Å². The smallest absolute Gasteiger partial charge is 0.234 e. The third kappa shape index (κ3) is 4.97. The Morgan fingerprint density at radius 1 is 1.44 bits per heavy atom. The summed E-state index contributed by atoms with van der Waals surface area (Å²) in [5, 5.41) is 6.35. The second kappa shape index (κ2) is 6.89. The summed E-state index contributed by atoms with van der Waals surface area (Å²) >= 11 is 0. The minimum Gasteiger partial charge on any atom is -0.353 e. The van der Waals surface area contributed by atoms with Crippen LogP contribution in [-0.2, 0) is 4.79 Å². The molecule has 0 spiro atoms. The minimum absolute atomic E-state index is 0.132. The van der Waals surface area contributed by atoms with Gasteiger partial charge < -0.3 is 10.6 Å². The summed E-state index contributed by atoms with van der Waals surface area (Å²) in [6.07, 6.45) is 6.08. The van der Waals surface area contributed by atoms with E-state index in [4.69, 9.17) is 0 Å². The molecular formula is C13H26N2O. The van der Waals surface area contributed by atoms with Crippen LogP contribution in [0.15, 0.2) is 0 Å². The normalized spacial score (nSPS) is 27.4. The van der Waals surface area contributed by atoms with Crippen LogP contribution in [0, 0.1) is 5.92 Å². The van der Waals surface area contributed by atoms with Gasteiger partial charge >= 0.3 is 0 Å². The van der Waals surface area contributed by atoms with E-state index in [1.165, 1.54) is 25.7 Å². The van der Waals surface area contributed by atoms with Gasteiger partial charge in [0, 0.05) is 12.1 Å². The Morgan fingerprint density at radius 2 is 2.19 bits per heavy atom. The lowest BCUT2D eigenvalue weighted by atomic mass is 9.87. The Kier molecular flexibility index (Phi) is 5.81. The average Bonchev–Trinajstić information content (AvgIpc) is 2.26. The van der Waals surface area contributed by atoms with Crippen molar-refractivity contribution >= 4 is 5.91 Å². The van der Waals surface area contributed by atoms with Crippen LogP contribution in [0.4, 0.5) is 0 Å². The quantitative estimate of drug-likeness (QED) is 0.753. The molecule has 3 unspecified atom stereocenters. The van der Waals surface area contributed by atoms with Crippen LogP contribution >= 0.6 is 0 Å². The molecule has 0 aliphatic heterocycles. The topological polar surface area (TPSA) is 41.1 Å². The van der Waals surface area contributed by atoms with Gasteiger partial charge in [-0.3, -0.25) is 4.79 Å². The first-order valence-corrected chi connectivity index (χ1v) is 6.64. The Hall–Kier alpha value is -0.570. The lowest BCUT2D eigenvalue weighted by molar-refractivity contribution is -0.121. The summed E-state index contributed by atoms with van der Waals surface area (Å²) in [7, 11) is 0. The molecule has 0 aromatic rings. The second-order valence-corrected chi connectivity index (χ2v) is 5.23. The lowest BCUT2D eigenvalue weighted by Gasteiger charge is -2.27. The average molecular weight is 226 g/mol. The molecule has 0 saturated heterocycles. The van der Waals surface area contributed by atoms with Gasteiger partial charge in [0.1, 0.15) is 0 Å². The van der Waals surface area contributed by atoms with E-state index in [9.17, 15) is 4.79 Å². The number of amides is 1. The van der Waals surface area contributed by atoms with Crippen LogP contribution < -0.4 is 10.6 Å². The number of rotatable bonds is 5. The predicted molar refractivity (Wildman–Crippen MR) is 67.3 cm³/mol. The maximum atomic E-state index is 11.6. The third-order valence-electron chi connectivity index (χ3n) is 3.51. The molecule has 94 valence electrons. The zero-order valence-corrected chi connectivity index (χ0v) is 10.9. The maximum Gasteiger partial charge on any atom is 0.234 e. The number of nitrogens with one attached hydrogen (secondary N) is 2. The van der Waals surface area contributed by atoms with E-state index in [0.29, 0.717) is 18.6 Å². The standard InChI is InChI=1S/C13H26N2O/c1-4-11(3)15-13(16)9-14-12-7-5-6-10(2)8-12/h10-12,14H,4-9H2,1-3H3,(H,15,16). The van der Waals surface area contributed by atoms with Crippen molar-refractivity contribution in [1.29, 1.82) is 0 Å². The van der Waals surface area contributed by atoms with Gasteiger partial charge in [-0.25, -0.2) is 0 Å². The van der Waals surface area contributed by atoms with Gasteiger partial charge in [-0.2, -0.15) is 0 Å². The molecule has 1 rings (SSSR count). The number of carbonyl (C=O) groups excluding carboxylic acids is 1. The highest BCUT2D eigenvalue weighted by atomic mass is 16.1. The molecule has 0 radical (unpaired) electrons. The fourth-order valence-electron chi connectivity index (χ4n) is 2.28. The van der Waals surface area contributed by atoms with Crippen molar-refractivity contribution in [3.8, 4) is 0 Å². The van der Waals surface area contributed by atoms with Crippen LogP contribution in [0.25, 0.3) is 0 Å².